The van der Waals surface area contributed by atoms with Crippen LogP contribution in [0.2, 0.25) is 0 Å². The molecule has 1 amide bonds. The van der Waals surface area contributed by atoms with Crippen molar-refractivity contribution in [1.29, 1.82) is 0 Å². The number of hydrogen-bond donors (Lipinski definition) is 6. The van der Waals surface area contributed by atoms with Crippen LogP contribution in [0.15, 0.2) is 36.4 Å². The molecule has 1 aromatic heterocycles. The van der Waals surface area contributed by atoms with Crippen molar-refractivity contribution in [3.8, 4) is 5.75 Å². The number of nitrogens with zero attached hydrogens (tertiary/aromatic N) is 1. The molecule has 2 rings (SSSR count). The van der Waals surface area contributed by atoms with Gasteiger partial charge in [-0.1, -0.05) is 45.0 Å². The second kappa shape index (κ2) is 11.8. The number of aromatic nitrogens is 1. The van der Waals surface area contributed by atoms with E-state index in [0.29, 0.717) is 12.1 Å². The van der Waals surface area contributed by atoms with E-state index in [1.165, 1.54) is 12.1 Å². The van der Waals surface area contributed by atoms with Gasteiger partial charge in [-0.2, -0.15) is 0 Å². The Bertz CT molecular complexity index is 956. The number of β-amino-alcohol motifs (C(OH)–C–C–N with tert-alkyl or cyclic N) is 1. The first kappa shape index (κ1) is 27.7. The fraction of sp³-hybridized carbons (Fsp3) is 0.538. The molecular weight excluding hydrogens is 434 g/mol. The highest BCUT2D eigenvalue weighted by Crippen LogP contribution is 2.21. The topological polar surface area (TPSA) is 135 Å². The molecule has 0 radical (unpaired) electrons. The highest BCUT2D eigenvalue weighted by atomic mass is 16.3. The van der Waals surface area contributed by atoms with Crippen LogP contribution >= 0.6 is 0 Å². The third-order valence-corrected chi connectivity index (χ3v) is 5.80. The van der Waals surface area contributed by atoms with Gasteiger partial charge in [-0.25, -0.2) is 4.98 Å². The first-order valence-corrected chi connectivity index (χ1v) is 11.6. The van der Waals surface area contributed by atoms with Crippen LogP contribution in [0.5, 0.6) is 5.75 Å². The maximum atomic E-state index is 12.5. The highest BCUT2D eigenvalue weighted by molar-refractivity contribution is 5.79. The molecular formula is C26H39N3O5. The summed E-state index contributed by atoms with van der Waals surface area (Å²) < 4.78 is 0. The number of aliphatic hydroxyl groups excluding tert-OH is 3. The lowest BCUT2D eigenvalue weighted by molar-refractivity contribution is -0.122. The van der Waals surface area contributed by atoms with Gasteiger partial charge in [0.2, 0.25) is 5.91 Å². The molecule has 2 aromatic rings. The molecule has 0 aliphatic rings. The fourth-order valence-electron chi connectivity index (χ4n) is 3.68. The van der Waals surface area contributed by atoms with Crippen molar-refractivity contribution < 1.29 is 25.2 Å². The Morgan fingerprint density at radius 3 is 2.35 bits per heavy atom. The van der Waals surface area contributed by atoms with Crippen molar-refractivity contribution in [1.82, 2.24) is 15.6 Å². The normalized spacial score (nSPS) is 14.0. The lowest BCUT2D eigenvalue weighted by atomic mass is 9.87. The van der Waals surface area contributed by atoms with Gasteiger partial charge in [0.15, 0.2) is 0 Å². The van der Waals surface area contributed by atoms with E-state index in [1.54, 1.807) is 0 Å². The molecule has 0 saturated heterocycles. The lowest BCUT2D eigenvalue weighted by Gasteiger charge is -2.30. The molecule has 34 heavy (non-hydrogen) atoms. The van der Waals surface area contributed by atoms with Gasteiger partial charge in [0.1, 0.15) is 17.5 Å². The molecule has 6 N–H and O–H groups in total. The van der Waals surface area contributed by atoms with Gasteiger partial charge in [-0.05, 0) is 48.9 Å². The number of benzene rings is 1. The summed E-state index contributed by atoms with van der Waals surface area (Å²) in [7, 11) is 0. The summed E-state index contributed by atoms with van der Waals surface area (Å²) >= 11 is 0. The highest BCUT2D eigenvalue weighted by Gasteiger charge is 2.25. The summed E-state index contributed by atoms with van der Waals surface area (Å²) in [5, 5.41) is 45.3. The molecule has 0 spiro atoms. The SMILES string of the molecule is CC(C)(Cc1cccc(CC(=O)N[C@H](CO)C(C)(C)C)c1)NCC(O)c1ccc(O)c(CO)n1. The number of rotatable bonds is 11. The number of pyridine rings is 1. The second-order valence-corrected chi connectivity index (χ2v) is 10.5. The van der Waals surface area contributed by atoms with Crippen LogP contribution in [-0.4, -0.2) is 56.0 Å². The van der Waals surface area contributed by atoms with Crippen molar-refractivity contribution >= 4 is 5.91 Å². The van der Waals surface area contributed by atoms with Gasteiger partial charge >= 0.3 is 0 Å². The molecule has 8 heteroatoms. The minimum Gasteiger partial charge on any atom is -0.506 e. The monoisotopic (exact) mass is 473 g/mol. The van der Waals surface area contributed by atoms with Crippen molar-refractivity contribution in [2.24, 2.45) is 5.41 Å². The van der Waals surface area contributed by atoms with Crippen LogP contribution in [0.1, 0.15) is 63.2 Å². The van der Waals surface area contributed by atoms with E-state index >= 15 is 0 Å². The van der Waals surface area contributed by atoms with Crippen LogP contribution in [-0.2, 0) is 24.2 Å². The number of hydrogen-bond acceptors (Lipinski definition) is 7. The third-order valence-electron chi connectivity index (χ3n) is 5.80. The molecule has 0 aliphatic heterocycles. The first-order valence-electron chi connectivity index (χ1n) is 11.6. The van der Waals surface area contributed by atoms with E-state index < -0.39 is 12.7 Å². The molecule has 0 bridgehead atoms. The van der Waals surface area contributed by atoms with E-state index in [-0.39, 0.29) is 53.9 Å². The zero-order chi connectivity index (χ0) is 25.5. The van der Waals surface area contributed by atoms with Crippen LogP contribution in [0, 0.1) is 5.41 Å². The molecule has 2 atom stereocenters. The summed E-state index contributed by atoms with van der Waals surface area (Å²) in [6, 6.07) is 10.5. The number of carbonyl (C=O) groups is 1. The van der Waals surface area contributed by atoms with E-state index in [2.05, 4.69) is 15.6 Å². The van der Waals surface area contributed by atoms with E-state index in [1.807, 2.05) is 58.9 Å². The molecule has 1 heterocycles. The molecule has 0 aliphatic carbocycles. The predicted molar refractivity (Wildman–Crippen MR) is 131 cm³/mol. The van der Waals surface area contributed by atoms with Crippen molar-refractivity contribution in [2.75, 3.05) is 13.2 Å². The number of aromatic hydroxyl groups is 1. The number of aliphatic hydroxyl groups is 3. The summed E-state index contributed by atoms with van der Waals surface area (Å²) in [6.45, 7) is 9.71. The van der Waals surface area contributed by atoms with Crippen LogP contribution < -0.4 is 10.6 Å². The Kier molecular flexibility index (Phi) is 9.58. The van der Waals surface area contributed by atoms with Gasteiger partial charge in [-0.3, -0.25) is 4.79 Å². The van der Waals surface area contributed by atoms with E-state index in [9.17, 15) is 25.2 Å². The van der Waals surface area contributed by atoms with E-state index in [4.69, 9.17) is 0 Å². The van der Waals surface area contributed by atoms with Gasteiger partial charge in [0, 0.05) is 12.1 Å². The fourth-order valence-corrected chi connectivity index (χ4v) is 3.68. The van der Waals surface area contributed by atoms with Crippen LogP contribution in [0.3, 0.4) is 0 Å². The van der Waals surface area contributed by atoms with Crippen molar-refractivity contribution in [3.63, 3.8) is 0 Å². The van der Waals surface area contributed by atoms with Gasteiger partial charge in [0.25, 0.3) is 0 Å². The maximum absolute atomic E-state index is 12.5. The molecule has 1 aromatic carbocycles. The largest absolute Gasteiger partial charge is 0.506 e. The second-order valence-electron chi connectivity index (χ2n) is 10.5. The van der Waals surface area contributed by atoms with E-state index in [0.717, 1.165) is 11.1 Å². The van der Waals surface area contributed by atoms with Crippen molar-refractivity contribution in [2.45, 2.75) is 71.8 Å². The molecule has 188 valence electrons. The Morgan fingerprint density at radius 1 is 1.06 bits per heavy atom. The quantitative estimate of drug-likeness (QED) is 0.294. The minimum atomic E-state index is -0.900. The summed E-state index contributed by atoms with van der Waals surface area (Å²) in [4.78, 5) is 16.6. The standard InChI is InChI=1S/C26H39N3O5/c1-25(2,3)23(16-31)29-24(34)12-17-7-6-8-18(11-17)13-26(4,5)27-14-22(33)19-9-10-21(32)20(15-30)28-19/h6-11,22-23,27,30-33H,12-16H2,1-5H3,(H,29,34)/t22?,23-/m1/s1. The summed E-state index contributed by atoms with van der Waals surface area (Å²) in [6.07, 6.45) is -0.00361. The summed E-state index contributed by atoms with van der Waals surface area (Å²) in [5.74, 6) is -0.235. The first-order chi connectivity index (χ1) is 15.8. The molecule has 0 fully saturated rings. The Morgan fingerprint density at radius 2 is 1.74 bits per heavy atom. The van der Waals surface area contributed by atoms with Gasteiger partial charge in [0.05, 0.1) is 31.4 Å². The average molecular weight is 474 g/mol. The number of amides is 1. The average Bonchev–Trinajstić information content (AvgIpc) is 2.75. The lowest BCUT2D eigenvalue weighted by Crippen LogP contribution is -2.46. The maximum Gasteiger partial charge on any atom is 0.224 e. The third kappa shape index (κ3) is 8.36. The molecule has 1 unspecified atom stereocenters. The zero-order valence-corrected chi connectivity index (χ0v) is 20.8. The van der Waals surface area contributed by atoms with Crippen LogP contribution in [0.4, 0.5) is 0 Å². The number of carbonyl (C=O) groups excluding carboxylic acids is 1. The predicted octanol–water partition coefficient (Wildman–Crippen LogP) is 1.99. The minimum absolute atomic E-state index is 0.106. The zero-order valence-electron chi connectivity index (χ0n) is 20.8. The van der Waals surface area contributed by atoms with Crippen molar-refractivity contribution in [3.05, 3.63) is 58.9 Å². The molecule has 0 saturated carbocycles. The molecule has 8 nitrogen and oxygen atoms in total. The smallest absolute Gasteiger partial charge is 0.224 e. The van der Waals surface area contributed by atoms with Crippen LogP contribution in [0.25, 0.3) is 0 Å². The van der Waals surface area contributed by atoms with Gasteiger partial charge < -0.3 is 31.1 Å². The Labute approximate surface area is 202 Å². The number of nitrogens with one attached hydrogen (secondary N) is 2. The Balaban J connectivity index is 1.97. The van der Waals surface area contributed by atoms with Gasteiger partial charge in [-0.15, -0.1) is 0 Å². The Hall–Kier alpha value is -2.52. The summed E-state index contributed by atoms with van der Waals surface area (Å²) in [5.41, 5.74) is 1.85.